The first-order valence-corrected chi connectivity index (χ1v) is 5.02. The van der Waals surface area contributed by atoms with E-state index < -0.39 is 17.6 Å². The number of nitrogens with two attached hydrogens (primary N) is 1. The standard InChI is InChI=1S/C9H5F3N2OS/c10-9(11,12)4-1-5(8(13)15)7-6(2-4)14-3-16-7/h1-3H,(H2,13,15). The van der Waals surface area contributed by atoms with E-state index in [9.17, 15) is 18.0 Å². The van der Waals surface area contributed by atoms with Gasteiger partial charge < -0.3 is 5.73 Å². The number of thiazole rings is 1. The Balaban J connectivity index is 2.76. The Morgan fingerprint density at radius 1 is 1.38 bits per heavy atom. The summed E-state index contributed by atoms with van der Waals surface area (Å²) in [5.41, 5.74) is 5.47. The van der Waals surface area contributed by atoms with Gasteiger partial charge in [0.15, 0.2) is 0 Å². The van der Waals surface area contributed by atoms with Crippen LogP contribution in [0, 0.1) is 0 Å². The highest BCUT2D eigenvalue weighted by Gasteiger charge is 2.32. The van der Waals surface area contributed by atoms with Crippen LogP contribution in [0.5, 0.6) is 0 Å². The summed E-state index contributed by atoms with van der Waals surface area (Å²) in [6.07, 6.45) is -4.51. The van der Waals surface area contributed by atoms with Gasteiger partial charge in [-0.3, -0.25) is 4.79 Å². The molecule has 0 saturated heterocycles. The molecule has 2 aromatic rings. The minimum Gasteiger partial charge on any atom is -0.366 e. The van der Waals surface area contributed by atoms with E-state index in [2.05, 4.69) is 4.98 Å². The Morgan fingerprint density at radius 2 is 2.06 bits per heavy atom. The maximum Gasteiger partial charge on any atom is 0.416 e. The SMILES string of the molecule is NC(=O)c1cc(C(F)(F)F)cc2ncsc12. The quantitative estimate of drug-likeness (QED) is 0.840. The minimum absolute atomic E-state index is 0.133. The number of fused-ring (bicyclic) bond motifs is 1. The summed E-state index contributed by atoms with van der Waals surface area (Å²) in [5.74, 6) is -0.889. The van der Waals surface area contributed by atoms with Crippen LogP contribution in [0.2, 0.25) is 0 Å². The molecule has 0 aliphatic heterocycles. The zero-order valence-electron chi connectivity index (χ0n) is 7.71. The van der Waals surface area contributed by atoms with Gasteiger partial charge in [-0.15, -0.1) is 11.3 Å². The normalized spacial score (nSPS) is 11.9. The lowest BCUT2D eigenvalue weighted by molar-refractivity contribution is -0.137. The Kier molecular flexibility index (Phi) is 2.34. The summed E-state index contributed by atoms with van der Waals surface area (Å²) in [7, 11) is 0. The number of hydrogen-bond donors (Lipinski definition) is 1. The first-order chi connectivity index (χ1) is 7.39. The highest BCUT2D eigenvalue weighted by Crippen LogP contribution is 2.34. The minimum atomic E-state index is -4.51. The molecule has 84 valence electrons. The number of carbonyl (C=O) groups excluding carboxylic acids is 1. The smallest absolute Gasteiger partial charge is 0.366 e. The number of amides is 1. The van der Waals surface area contributed by atoms with Crippen LogP contribution >= 0.6 is 11.3 Å². The molecule has 1 heterocycles. The molecule has 0 aliphatic carbocycles. The molecule has 0 atom stereocenters. The van der Waals surface area contributed by atoms with Crippen molar-refractivity contribution in [3.63, 3.8) is 0 Å². The van der Waals surface area contributed by atoms with Crippen molar-refractivity contribution in [2.24, 2.45) is 5.73 Å². The molecule has 1 aromatic heterocycles. The molecular formula is C9H5F3N2OS. The molecule has 7 heteroatoms. The second-order valence-corrected chi connectivity index (χ2v) is 3.94. The fourth-order valence-electron chi connectivity index (χ4n) is 1.32. The molecule has 2 N–H and O–H groups in total. The average Bonchev–Trinajstić information content (AvgIpc) is 2.61. The highest BCUT2D eigenvalue weighted by molar-refractivity contribution is 7.17. The summed E-state index contributed by atoms with van der Waals surface area (Å²) in [6, 6.07) is 1.65. The van der Waals surface area contributed by atoms with Crippen LogP contribution in [0.25, 0.3) is 10.2 Å². The summed E-state index contributed by atoms with van der Waals surface area (Å²) in [6.45, 7) is 0. The van der Waals surface area contributed by atoms with Gasteiger partial charge in [-0.05, 0) is 12.1 Å². The molecule has 0 fully saturated rings. The van der Waals surface area contributed by atoms with E-state index in [1.165, 1.54) is 5.51 Å². The third-order valence-electron chi connectivity index (χ3n) is 2.02. The lowest BCUT2D eigenvalue weighted by Gasteiger charge is -2.07. The van der Waals surface area contributed by atoms with Gasteiger partial charge >= 0.3 is 6.18 Å². The van der Waals surface area contributed by atoms with Crippen molar-refractivity contribution in [1.29, 1.82) is 0 Å². The molecular weight excluding hydrogens is 241 g/mol. The predicted octanol–water partition coefficient (Wildman–Crippen LogP) is 2.41. The number of benzene rings is 1. The van der Waals surface area contributed by atoms with Crippen LogP contribution in [0.4, 0.5) is 13.2 Å². The molecule has 1 aromatic carbocycles. The molecule has 0 unspecified atom stereocenters. The number of halogens is 3. The summed E-state index contributed by atoms with van der Waals surface area (Å²) >= 11 is 1.08. The van der Waals surface area contributed by atoms with Crippen molar-refractivity contribution in [3.05, 3.63) is 28.8 Å². The van der Waals surface area contributed by atoms with Crippen LogP contribution in [0.3, 0.4) is 0 Å². The summed E-state index contributed by atoms with van der Waals surface area (Å²) in [5, 5.41) is 0. The lowest BCUT2D eigenvalue weighted by atomic mass is 10.1. The van der Waals surface area contributed by atoms with Crippen molar-refractivity contribution in [1.82, 2.24) is 4.98 Å². The number of alkyl halides is 3. The Labute approximate surface area is 91.7 Å². The largest absolute Gasteiger partial charge is 0.416 e. The summed E-state index contributed by atoms with van der Waals surface area (Å²) < 4.78 is 37.8. The topological polar surface area (TPSA) is 56.0 Å². The number of carbonyl (C=O) groups is 1. The molecule has 16 heavy (non-hydrogen) atoms. The van der Waals surface area contributed by atoms with Crippen molar-refractivity contribution in [3.8, 4) is 0 Å². The Bertz CT molecular complexity index is 561. The van der Waals surface area contributed by atoms with E-state index in [1.54, 1.807) is 0 Å². The van der Waals surface area contributed by atoms with Crippen LogP contribution in [-0.2, 0) is 6.18 Å². The zero-order chi connectivity index (χ0) is 11.9. The fourth-order valence-corrected chi connectivity index (χ4v) is 2.11. The van der Waals surface area contributed by atoms with E-state index in [0.29, 0.717) is 4.70 Å². The molecule has 1 amide bonds. The number of hydrogen-bond acceptors (Lipinski definition) is 3. The van der Waals surface area contributed by atoms with Gasteiger partial charge in [0.1, 0.15) is 0 Å². The molecule has 0 aliphatic rings. The number of primary amides is 1. The van der Waals surface area contributed by atoms with E-state index >= 15 is 0 Å². The Morgan fingerprint density at radius 3 is 2.62 bits per heavy atom. The van der Waals surface area contributed by atoms with Gasteiger partial charge in [0.05, 0.1) is 26.9 Å². The molecule has 0 saturated carbocycles. The monoisotopic (exact) mass is 246 g/mol. The van der Waals surface area contributed by atoms with E-state index in [1.807, 2.05) is 0 Å². The van der Waals surface area contributed by atoms with Gasteiger partial charge in [-0.2, -0.15) is 13.2 Å². The van der Waals surface area contributed by atoms with E-state index in [4.69, 9.17) is 5.73 Å². The van der Waals surface area contributed by atoms with Crippen LogP contribution in [0.1, 0.15) is 15.9 Å². The first-order valence-electron chi connectivity index (χ1n) is 4.14. The van der Waals surface area contributed by atoms with Gasteiger partial charge in [0.2, 0.25) is 5.91 Å². The van der Waals surface area contributed by atoms with Crippen LogP contribution < -0.4 is 5.73 Å². The molecule has 3 nitrogen and oxygen atoms in total. The van der Waals surface area contributed by atoms with Gasteiger partial charge in [0.25, 0.3) is 0 Å². The van der Waals surface area contributed by atoms with Crippen LogP contribution in [-0.4, -0.2) is 10.9 Å². The van der Waals surface area contributed by atoms with Crippen LogP contribution in [0.15, 0.2) is 17.6 Å². The highest BCUT2D eigenvalue weighted by atomic mass is 32.1. The fraction of sp³-hybridized carbons (Fsp3) is 0.111. The van der Waals surface area contributed by atoms with E-state index in [0.717, 1.165) is 23.5 Å². The Hall–Kier alpha value is -1.63. The second-order valence-electron chi connectivity index (χ2n) is 3.09. The number of aromatic nitrogens is 1. The van der Waals surface area contributed by atoms with E-state index in [-0.39, 0.29) is 11.1 Å². The van der Waals surface area contributed by atoms with Crippen molar-refractivity contribution in [2.45, 2.75) is 6.18 Å². The van der Waals surface area contributed by atoms with Crippen molar-refractivity contribution >= 4 is 27.5 Å². The lowest BCUT2D eigenvalue weighted by Crippen LogP contribution is -2.13. The number of nitrogens with zero attached hydrogens (tertiary/aromatic N) is 1. The van der Waals surface area contributed by atoms with Gasteiger partial charge in [0, 0.05) is 0 Å². The average molecular weight is 246 g/mol. The summed E-state index contributed by atoms with van der Waals surface area (Å²) in [4.78, 5) is 14.8. The number of rotatable bonds is 1. The van der Waals surface area contributed by atoms with Crippen molar-refractivity contribution < 1.29 is 18.0 Å². The van der Waals surface area contributed by atoms with Crippen molar-refractivity contribution in [2.75, 3.05) is 0 Å². The maximum atomic E-state index is 12.5. The van der Waals surface area contributed by atoms with Gasteiger partial charge in [-0.25, -0.2) is 4.98 Å². The molecule has 0 bridgehead atoms. The molecule has 0 radical (unpaired) electrons. The van der Waals surface area contributed by atoms with Gasteiger partial charge in [-0.1, -0.05) is 0 Å². The third kappa shape index (κ3) is 1.73. The predicted molar refractivity (Wildman–Crippen MR) is 53.1 cm³/mol. The first kappa shape index (κ1) is 10.9. The third-order valence-corrected chi connectivity index (χ3v) is 2.90. The maximum absolute atomic E-state index is 12.5. The molecule has 0 spiro atoms. The second kappa shape index (κ2) is 3.44. The zero-order valence-corrected chi connectivity index (χ0v) is 8.52. The molecule has 2 rings (SSSR count).